The molecule has 0 bridgehead atoms. The van der Waals surface area contributed by atoms with Crippen molar-refractivity contribution in [3.8, 4) is 0 Å². The fourth-order valence-corrected chi connectivity index (χ4v) is 2.73. The Morgan fingerprint density at radius 3 is 2.74 bits per heavy atom. The molecule has 1 atom stereocenters. The molecule has 104 valence electrons. The van der Waals surface area contributed by atoms with E-state index in [1.165, 1.54) is 0 Å². The van der Waals surface area contributed by atoms with Crippen molar-refractivity contribution >= 4 is 27.5 Å². The number of aryl methyl sites for hydroxylation is 2. The number of hydrogen-bond donors (Lipinski definition) is 0. The van der Waals surface area contributed by atoms with Gasteiger partial charge in [0.25, 0.3) is 0 Å². The monoisotopic (exact) mass is 345 g/mol. The van der Waals surface area contributed by atoms with Gasteiger partial charge in [-0.05, 0) is 28.8 Å². The van der Waals surface area contributed by atoms with Crippen LogP contribution in [-0.2, 0) is 20.0 Å². The van der Waals surface area contributed by atoms with E-state index in [2.05, 4.69) is 38.3 Å². The summed E-state index contributed by atoms with van der Waals surface area (Å²) in [4.78, 5) is 0. The summed E-state index contributed by atoms with van der Waals surface area (Å²) in [6.07, 6.45) is 3.64. The van der Waals surface area contributed by atoms with Crippen LogP contribution in [0.2, 0.25) is 0 Å². The number of halogens is 2. The van der Waals surface area contributed by atoms with Crippen LogP contribution in [0.3, 0.4) is 0 Å². The van der Waals surface area contributed by atoms with E-state index in [0.29, 0.717) is 6.54 Å². The van der Waals surface area contributed by atoms with Gasteiger partial charge in [-0.25, -0.2) is 4.68 Å². The lowest BCUT2D eigenvalue weighted by Gasteiger charge is -2.02. The zero-order valence-electron chi connectivity index (χ0n) is 11.3. The summed E-state index contributed by atoms with van der Waals surface area (Å²) in [5.41, 5.74) is 2.95. The quantitative estimate of drug-likeness (QED) is 0.782. The molecule has 0 spiro atoms. The summed E-state index contributed by atoms with van der Waals surface area (Å²) in [5, 5.41) is 12.6. The fraction of sp³-hybridized carbons (Fsp3) is 0.583. The highest BCUT2D eigenvalue weighted by atomic mass is 79.9. The van der Waals surface area contributed by atoms with Crippen LogP contribution in [0.4, 0.5) is 0 Å². The molecule has 1 unspecified atom stereocenters. The molecule has 0 saturated carbocycles. The summed E-state index contributed by atoms with van der Waals surface area (Å²) in [7, 11) is 1.94. The lowest BCUT2D eigenvalue weighted by atomic mass is 10.2. The molecule has 2 heterocycles. The Hall–Kier alpha value is -0.880. The summed E-state index contributed by atoms with van der Waals surface area (Å²) < 4.78 is 4.72. The second kappa shape index (κ2) is 6.05. The first-order valence-electron chi connectivity index (χ1n) is 6.31. The highest BCUT2D eigenvalue weighted by Gasteiger charge is 2.15. The number of rotatable bonds is 5. The third-order valence-corrected chi connectivity index (χ3v) is 4.50. The molecule has 0 aliphatic carbocycles. The highest BCUT2D eigenvalue weighted by Crippen LogP contribution is 2.24. The van der Waals surface area contributed by atoms with E-state index < -0.39 is 0 Å². The van der Waals surface area contributed by atoms with E-state index in [1.807, 2.05) is 24.9 Å². The zero-order chi connectivity index (χ0) is 14.0. The van der Waals surface area contributed by atoms with E-state index in [0.717, 1.165) is 34.4 Å². The number of aromatic nitrogens is 5. The third-order valence-electron chi connectivity index (χ3n) is 3.05. The Bertz CT molecular complexity index is 562. The number of alkyl halides is 1. The van der Waals surface area contributed by atoms with E-state index in [9.17, 15) is 0 Å². The van der Waals surface area contributed by atoms with Gasteiger partial charge < -0.3 is 0 Å². The Kier molecular flexibility index (Phi) is 4.62. The minimum absolute atomic E-state index is 0.0741. The zero-order valence-corrected chi connectivity index (χ0v) is 13.6. The fourth-order valence-electron chi connectivity index (χ4n) is 1.89. The highest BCUT2D eigenvalue weighted by molar-refractivity contribution is 9.10. The van der Waals surface area contributed by atoms with Gasteiger partial charge in [0, 0.05) is 7.05 Å². The molecule has 5 nitrogen and oxygen atoms in total. The van der Waals surface area contributed by atoms with Crippen LogP contribution in [0.25, 0.3) is 0 Å². The van der Waals surface area contributed by atoms with E-state index in [1.54, 1.807) is 4.68 Å². The van der Waals surface area contributed by atoms with Gasteiger partial charge >= 0.3 is 0 Å². The van der Waals surface area contributed by atoms with Gasteiger partial charge in [-0.1, -0.05) is 19.1 Å². The van der Waals surface area contributed by atoms with E-state index in [-0.39, 0.29) is 5.38 Å². The minimum atomic E-state index is -0.0741. The lowest BCUT2D eigenvalue weighted by molar-refractivity contribution is 0.597. The maximum Gasteiger partial charge on any atom is 0.101 e. The van der Waals surface area contributed by atoms with Crippen molar-refractivity contribution in [2.24, 2.45) is 7.05 Å². The molecule has 0 radical (unpaired) electrons. The first-order chi connectivity index (χ1) is 9.06. The second-order valence-electron chi connectivity index (χ2n) is 4.40. The Morgan fingerprint density at radius 1 is 1.42 bits per heavy atom. The molecule has 2 rings (SSSR count). The van der Waals surface area contributed by atoms with Gasteiger partial charge in [0.15, 0.2) is 0 Å². The van der Waals surface area contributed by atoms with Crippen LogP contribution < -0.4 is 0 Å². The van der Waals surface area contributed by atoms with Crippen LogP contribution >= 0.6 is 27.5 Å². The first kappa shape index (κ1) is 14.5. The molecule has 0 aliphatic heterocycles. The van der Waals surface area contributed by atoms with E-state index in [4.69, 9.17) is 11.6 Å². The molecule has 0 aromatic carbocycles. The van der Waals surface area contributed by atoms with Crippen LogP contribution in [0.1, 0.15) is 42.7 Å². The van der Waals surface area contributed by atoms with Gasteiger partial charge in [-0.2, -0.15) is 5.10 Å². The molecule has 0 aliphatic rings. The largest absolute Gasteiger partial charge is 0.269 e. The molecule has 7 heteroatoms. The SMILES string of the molecule is CCc1nn(C)c(Cn2cc(C(Cl)CC)nn2)c1Br. The molecule has 0 amide bonds. The normalized spacial score (nSPS) is 12.9. The number of nitrogens with zero attached hydrogens (tertiary/aromatic N) is 5. The van der Waals surface area contributed by atoms with Crippen molar-refractivity contribution in [3.63, 3.8) is 0 Å². The average molecular weight is 347 g/mol. The predicted molar refractivity (Wildman–Crippen MR) is 78.3 cm³/mol. The lowest BCUT2D eigenvalue weighted by Crippen LogP contribution is -2.06. The van der Waals surface area contributed by atoms with Crippen molar-refractivity contribution in [1.29, 1.82) is 0 Å². The Balaban J connectivity index is 2.22. The Morgan fingerprint density at radius 2 is 2.16 bits per heavy atom. The Labute approximate surface area is 126 Å². The second-order valence-corrected chi connectivity index (χ2v) is 5.72. The van der Waals surface area contributed by atoms with Crippen molar-refractivity contribution in [3.05, 3.63) is 27.8 Å². The predicted octanol–water partition coefficient (Wildman–Crippen LogP) is 3.07. The maximum absolute atomic E-state index is 6.15. The first-order valence-corrected chi connectivity index (χ1v) is 7.54. The summed E-state index contributed by atoms with van der Waals surface area (Å²) in [6, 6.07) is 0. The molecule has 2 aromatic rings. The van der Waals surface area contributed by atoms with Crippen LogP contribution in [-0.4, -0.2) is 24.8 Å². The van der Waals surface area contributed by atoms with Crippen molar-refractivity contribution in [1.82, 2.24) is 24.8 Å². The van der Waals surface area contributed by atoms with Gasteiger partial charge in [0.2, 0.25) is 0 Å². The molecule has 0 fully saturated rings. The topological polar surface area (TPSA) is 48.5 Å². The van der Waals surface area contributed by atoms with Crippen LogP contribution in [0.5, 0.6) is 0 Å². The van der Waals surface area contributed by atoms with Gasteiger partial charge in [-0.3, -0.25) is 4.68 Å². The molecule has 2 aromatic heterocycles. The third kappa shape index (κ3) is 3.00. The van der Waals surface area contributed by atoms with E-state index >= 15 is 0 Å². The molecular formula is C12H17BrClN5. The van der Waals surface area contributed by atoms with Crippen molar-refractivity contribution < 1.29 is 0 Å². The van der Waals surface area contributed by atoms with Gasteiger partial charge in [-0.15, -0.1) is 16.7 Å². The summed E-state index contributed by atoms with van der Waals surface area (Å²) in [5.74, 6) is 0. The number of hydrogen-bond acceptors (Lipinski definition) is 3. The minimum Gasteiger partial charge on any atom is -0.269 e. The standard InChI is InChI=1S/C12H17BrClN5/c1-4-8(14)10-6-19(17-15-10)7-11-12(13)9(5-2)16-18(11)3/h6,8H,4-5,7H2,1-3H3. The molecule has 0 saturated heterocycles. The van der Waals surface area contributed by atoms with Gasteiger partial charge in [0.1, 0.15) is 5.69 Å². The van der Waals surface area contributed by atoms with Crippen LogP contribution in [0.15, 0.2) is 10.7 Å². The van der Waals surface area contributed by atoms with Crippen LogP contribution in [0, 0.1) is 0 Å². The van der Waals surface area contributed by atoms with Crippen molar-refractivity contribution in [2.45, 2.75) is 38.6 Å². The maximum atomic E-state index is 6.15. The molecular weight excluding hydrogens is 330 g/mol. The smallest absolute Gasteiger partial charge is 0.101 e. The summed E-state index contributed by atoms with van der Waals surface area (Å²) >= 11 is 9.75. The average Bonchev–Trinajstić information content (AvgIpc) is 2.98. The van der Waals surface area contributed by atoms with Gasteiger partial charge in [0.05, 0.1) is 34.0 Å². The van der Waals surface area contributed by atoms with Crippen molar-refractivity contribution in [2.75, 3.05) is 0 Å². The molecule has 0 N–H and O–H groups in total. The molecule has 19 heavy (non-hydrogen) atoms. The summed E-state index contributed by atoms with van der Waals surface area (Å²) in [6.45, 7) is 4.75.